The molecule has 0 unspecified atom stereocenters. The van der Waals surface area contributed by atoms with Crippen LogP contribution in [0.15, 0.2) is 122 Å². The minimum absolute atomic E-state index is 0. The zero-order valence-electron chi connectivity index (χ0n) is 33.7. The SMILES string of the molecule is CCCc1ccc([C@@H](CN)C(=O)Nc2cc3ccncc3s2)cc1.N.O=C(Nc1cc2ccncc2s1)[C@H](CN1C(=O)c2ccccc2C1=O)c1ccc(CCO[N+](=O)[O-])cc1. The number of hydrogen-bond donors (Lipinski definition) is 4. The number of pyridine rings is 2. The fourth-order valence-corrected chi connectivity index (χ4v) is 8.86. The average Bonchev–Trinajstić information content (AvgIpc) is 3.94. The lowest BCUT2D eigenvalue weighted by atomic mass is 9.95. The number of carbonyl (C=O) groups is 4. The van der Waals surface area contributed by atoms with Gasteiger partial charge in [-0.05, 0) is 82.3 Å². The molecular formula is C45H44N8O7S2. The van der Waals surface area contributed by atoms with Crippen LogP contribution < -0.4 is 22.5 Å². The number of nitrogens with zero attached hydrogens (tertiary/aromatic N) is 4. The van der Waals surface area contributed by atoms with Crippen molar-refractivity contribution in [2.75, 3.05) is 30.3 Å². The second-order valence-corrected chi connectivity index (χ2v) is 16.3. The molecule has 0 fully saturated rings. The van der Waals surface area contributed by atoms with Gasteiger partial charge in [0.05, 0.1) is 42.4 Å². The number of hydrogen-bond acceptors (Lipinski definition) is 13. The summed E-state index contributed by atoms with van der Waals surface area (Å²) in [5, 5.41) is 18.9. The Morgan fingerprint density at radius 2 is 1.24 bits per heavy atom. The quantitative estimate of drug-likeness (QED) is 0.0436. The van der Waals surface area contributed by atoms with Crippen LogP contribution in [0.2, 0.25) is 0 Å². The Bertz CT molecular complexity index is 2600. The molecule has 0 saturated carbocycles. The Morgan fingerprint density at radius 1 is 0.758 bits per heavy atom. The molecule has 62 heavy (non-hydrogen) atoms. The molecule has 1 aliphatic rings. The van der Waals surface area contributed by atoms with Gasteiger partial charge in [-0.25, -0.2) is 0 Å². The van der Waals surface area contributed by atoms with E-state index >= 15 is 0 Å². The number of carbonyl (C=O) groups excluding carboxylic acids is 4. The van der Waals surface area contributed by atoms with Gasteiger partial charge in [-0.15, -0.1) is 32.8 Å². The Balaban J connectivity index is 0.000000222. The third-order valence-corrected chi connectivity index (χ3v) is 12.1. The van der Waals surface area contributed by atoms with Crippen molar-refractivity contribution in [2.24, 2.45) is 5.73 Å². The number of aromatic nitrogens is 2. The number of aryl methyl sites for hydroxylation is 1. The minimum Gasteiger partial charge on any atom is -0.344 e. The second-order valence-electron chi connectivity index (χ2n) is 14.2. The zero-order valence-corrected chi connectivity index (χ0v) is 35.3. The van der Waals surface area contributed by atoms with Gasteiger partial charge in [0.1, 0.15) is 6.61 Å². The molecule has 3 aromatic carbocycles. The average molecular weight is 873 g/mol. The minimum atomic E-state index is -0.852. The van der Waals surface area contributed by atoms with Gasteiger partial charge in [-0.2, -0.15) is 0 Å². The van der Waals surface area contributed by atoms with E-state index < -0.39 is 22.8 Å². The van der Waals surface area contributed by atoms with Crippen molar-refractivity contribution in [3.63, 3.8) is 0 Å². The highest BCUT2D eigenvalue weighted by Crippen LogP contribution is 2.33. The molecule has 8 rings (SSSR count). The summed E-state index contributed by atoms with van der Waals surface area (Å²) in [6.45, 7) is 2.20. The molecule has 17 heteroatoms. The summed E-state index contributed by atoms with van der Waals surface area (Å²) in [5.74, 6) is -2.53. The first-order valence-electron chi connectivity index (χ1n) is 19.5. The van der Waals surface area contributed by atoms with E-state index in [4.69, 9.17) is 5.73 Å². The smallest absolute Gasteiger partial charge is 0.294 e. The van der Waals surface area contributed by atoms with Gasteiger partial charge in [-0.1, -0.05) is 74.0 Å². The van der Waals surface area contributed by atoms with Crippen LogP contribution in [0.5, 0.6) is 0 Å². The Morgan fingerprint density at radius 3 is 1.71 bits per heavy atom. The van der Waals surface area contributed by atoms with Gasteiger partial charge in [0.2, 0.25) is 11.8 Å². The molecule has 0 bridgehead atoms. The number of fused-ring (bicyclic) bond motifs is 3. The highest BCUT2D eigenvalue weighted by molar-refractivity contribution is 7.23. The molecule has 4 aromatic heterocycles. The summed E-state index contributed by atoms with van der Waals surface area (Å²) in [6.07, 6.45) is 9.42. The highest BCUT2D eigenvalue weighted by Gasteiger charge is 2.38. The van der Waals surface area contributed by atoms with Gasteiger partial charge < -0.3 is 27.4 Å². The first-order valence-corrected chi connectivity index (χ1v) is 21.1. The van der Waals surface area contributed by atoms with Gasteiger partial charge in [0.15, 0.2) is 0 Å². The topological polar surface area (TPSA) is 235 Å². The Labute approximate surface area is 364 Å². The fourth-order valence-electron chi connectivity index (χ4n) is 6.99. The van der Waals surface area contributed by atoms with Crippen molar-refractivity contribution >= 4 is 76.5 Å². The number of amides is 4. The number of thiophene rings is 2. The van der Waals surface area contributed by atoms with Crippen LogP contribution in [0.3, 0.4) is 0 Å². The maximum atomic E-state index is 13.5. The molecule has 5 heterocycles. The number of imide groups is 1. The van der Waals surface area contributed by atoms with E-state index in [0.29, 0.717) is 28.1 Å². The van der Waals surface area contributed by atoms with Crippen LogP contribution in [0, 0.1) is 10.1 Å². The predicted molar refractivity (Wildman–Crippen MR) is 241 cm³/mol. The lowest BCUT2D eigenvalue weighted by Crippen LogP contribution is -2.38. The number of nitrogens with one attached hydrogen (secondary N) is 2. The summed E-state index contributed by atoms with van der Waals surface area (Å²) >= 11 is 2.90. The molecule has 0 saturated heterocycles. The van der Waals surface area contributed by atoms with Crippen molar-refractivity contribution in [1.29, 1.82) is 0 Å². The van der Waals surface area contributed by atoms with E-state index in [1.54, 1.807) is 67.1 Å². The second kappa shape index (κ2) is 20.6. The van der Waals surface area contributed by atoms with Crippen LogP contribution in [0.1, 0.15) is 68.2 Å². The summed E-state index contributed by atoms with van der Waals surface area (Å²) in [7, 11) is 0. The number of rotatable bonds is 15. The van der Waals surface area contributed by atoms with Crippen molar-refractivity contribution in [2.45, 2.75) is 38.0 Å². The summed E-state index contributed by atoms with van der Waals surface area (Å²) in [5.41, 5.74) is 10.1. The van der Waals surface area contributed by atoms with Crippen LogP contribution in [0.25, 0.3) is 20.2 Å². The predicted octanol–water partition coefficient (Wildman–Crippen LogP) is 8.16. The Hall–Kier alpha value is -6.92. The van der Waals surface area contributed by atoms with Crippen molar-refractivity contribution in [3.05, 3.63) is 165 Å². The van der Waals surface area contributed by atoms with E-state index in [1.165, 1.54) is 28.2 Å². The van der Waals surface area contributed by atoms with E-state index in [9.17, 15) is 29.3 Å². The van der Waals surface area contributed by atoms with Gasteiger partial charge >= 0.3 is 0 Å². The van der Waals surface area contributed by atoms with E-state index in [2.05, 4.69) is 44.5 Å². The monoisotopic (exact) mass is 872 g/mol. The largest absolute Gasteiger partial charge is 0.344 e. The summed E-state index contributed by atoms with van der Waals surface area (Å²) < 4.78 is 1.97. The van der Waals surface area contributed by atoms with Crippen molar-refractivity contribution in [1.82, 2.24) is 21.0 Å². The van der Waals surface area contributed by atoms with Crippen LogP contribution in [0.4, 0.5) is 10.0 Å². The lowest BCUT2D eigenvalue weighted by molar-refractivity contribution is -0.757. The molecule has 0 radical (unpaired) electrons. The molecule has 7 aromatic rings. The number of nitrogens with two attached hydrogens (primary N) is 1. The van der Waals surface area contributed by atoms with Gasteiger partial charge in [-0.3, -0.25) is 34.0 Å². The van der Waals surface area contributed by atoms with Crippen LogP contribution in [-0.2, 0) is 27.3 Å². The zero-order chi connectivity index (χ0) is 42.9. The summed E-state index contributed by atoms with van der Waals surface area (Å²) in [6, 6.07) is 29.3. The molecular weight excluding hydrogens is 829 g/mol. The van der Waals surface area contributed by atoms with Crippen LogP contribution in [-0.4, -0.2) is 63.3 Å². The molecule has 1 aliphatic heterocycles. The van der Waals surface area contributed by atoms with Crippen molar-refractivity contribution in [3.8, 4) is 0 Å². The first-order chi connectivity index (χ1) is 29.6. The lowest BCUT2D eigenvalue weighted by Gasteiger charge is -2.22. The Kier molecular flexibility index (Phi) is 14.8. The molecule has 15 nitrogen and oxygen atoms in total. The van der Waals surface area contributed by atoms with E-state index in [0.717, 1.165) is 54.0 Å². The molecule has 0 aliphatic carbocycles. The first kappa shape index (κ1) is 44.6. The maximum absolute atomic E-state index is 13.5. The molecule has 4 amide bonds. The summed E-state index contributed by atoms with van der Waals surface area (Å²) in [4.78, 5) is 76.2. The van der Waals surface area contributed by atoms with E-state index in [-0.39, 0.29) is 43.6 Å². The van der Waals surface area contributed by atoms with Crippen molar-refractivity contribution < 1.29 is 29.1 Å². The maximum Gasteiger partial charge on any atom is 0.294 e. The third-order valence-electron chi connectivity index (χ3n) is 10.1. The molecule has 7 N–H and O–H groups in total. The number of anilines is 2. The van der Waals surface area contributed by atoms with Gasteiger partial charge in [0.25, 0.3) is 16.9 Å². The normalized spacial score (nSPS) is 12.8. The standard InChI is InChI=1S/C26H20N4O6S.C19H21N3OS.H3N/c31-24(28-23-13-18-9-11-27-14-22(18)37-23)21(17-7-5-16(6-8-17)10-12-36-30(34)35)15-29-25(32)19-3-1-2-4-20(19)26(29)33;1-2-3-13-4-6-14(7-5-13)16(11-20)19(23)22-18-10-15-8-9-21-12-17(15)24-18;/h1-9,11,13-14,21H,10,12,15H2,(H,28,31);4-10,12,16H,2-3,11,20H2,1H3,(H,22,23);1H3/t21-;16-;/m11./s1. The molecule has 318 valence electrons. The van der Waals surface area contributed by atoms with E-state index in [1.807, 2.05) is 42.6 Å². The third kappa shape index (κ3) is 10.5. The van der Waals surface area contributed by atoms with Crippen LogP contribution >= 0.6 is 22.7 Å². The van der Waals surface area contributed by atoms with Gasteiger partial charge in [0, 0.05) is 37.9 Å². The molecule has 2 atom stereocenters. The molecule has 0 spiro atoms. The highest BCUT2D eigenvalue weighted by atomic mass is 32.1. The number of benzene rings is 3. The fraction of sp³-hybridized carbons (Fsp3) is 0.200.